The molecule has 2 aromatic rings. The molecule has 0 saturated carbocycles. The normalized spacial score (nSPS) is 11.1. The first-order valence-corrected chi connectivity index (χ1v) is 8.84. The molecule has 0 aliphatic heterocycles. The van der Waals surface area contributed by atoms with E-state index in [4.69, 9.17) is 11.6 Å². The number of halogens is 1. The number of hydrogen-bond acceptors (Lipinski definition) is 3. The number of rotatable bonds is 6. The van der Waals surface area contributed by atoms with Crippen LogP contribution in [-0.2, 0) is 14.6 Å². The first-order valence-electron chi connectivity index (χ1n) is 6.80. The molecule has 0 aliphatic rings. The fourth-order valence-electron chi connectivity index (χ4n) is 1.93. The van der Waals surface area contributed by atoms with Crippen LogP contribution in [0.1, 0.15) is 12.8 Å². The van der Waals surface area contributed by atoms with E-state index in [2.05, 4.69) is 5.32 Å². The minimum absolute atomic E-state index is 0.0505. The van der Waals surface area contributed by atoms with Gasteiger partial charge in [0.2, 0.25) is 5.91 Å². The van der Waals surface area contributed by atoms with Gasteiger partial charge in [0.15, 0.2) is 9.84 Å². The third kappa shape index (κ3) is 4.86. The number of sulfone groups is 1. The van der Waals surface area contributed by atoms with Gasteiger partial charge in [-0.15, -0.1) is 0 Å². The van der Waals surface area contributed by atoms with Crippen molar-refractivity contribution < 1.29 is 13.2 Å². The number of hydrogen-bond donors (Lipinski definition) is 1. The lowest BCUT2D eigenvalue weighted by Gasteiger charge is -2.06. The van der Waals surface area contributed by atoms with Gasteiger partial charge < -0.3 is 5.32 Å². The molecular formula is C16H16ClNO3S. The molecule has 0 aliphatic carbocycles. The molecule has 1 N–H and O–H groups in total. The van der Waals surface area contributed by atoms with Crippen LogP contribution in [0.15, 0.2) is 59.5 Å². The molecule has 0 fully saturated rings. The minimum Gasteiger partial charge on any atom is -0.326 e. The predicted molar refractivity (Wildman–Crippen MR) is 87.8 cm³/mol. The van der Waals surface area contributed by atoms with Crippen molar-refractivity contribution in [2.45, 2.75) is 17.7 Å². The lowest BCUT2D eigenvalue weighted by molar-refractivity contribution is -0.116. The quantitative estimate of drug-likeness (QED) is 0.877. The Kier molecular flexibility index (Phi) is 5.57. The van der Waals surface area contributed by atoms with E-state index in [0.717, 1.165) is 0 Å². The summed E-state index contributed by atoms with van der Waals surface area (Å²) in [6.45, 7) is 0. The fraction of sp³-hybridized carbons (Fsp3) is 0.188. The van der Waals surface area contributed by atoms with Crippen molar-refractivity contribution in [2.75, 3.05) is 11.1 Å². The Morgan fingerprint density at radius 2 is 1.64 bits per heavy atom. The van der Waals surface area contributed by atoms with Crippen LogP contribution < -0.4 is 5.32 Å². The van der Waals surface area contributed by atoms with Crippen LogP contribution in [-0.4, -0.2) is 20.1 Å². The third-order valence-electron chi connectivity index (χ3n) is 3.05. The summed E-state index contributed by atoms with van der Waals surface area (Å²) in [5.41, 5.74) is 0.639. The molecule has 0 unspecified atom stereocenters. The number of carbonyl (C=O) groups excluding carboxylic acids is 1. The van der Waals surface area contributed by atoms with E-state index in [0.29, 0.717) is 10.7 Å². The van der Waals surface area contributed by atoms with Crippen molar-refractivity contribution >= 4 is 33.0 Å². The summed E-state index contributed by atoms with van der Waals surface area (Å²) >= 11 is 5.76. The summed E-state index contributed by atoms with van der Waals surface area (Å²) in [7, 11) is -3.33. The Balaban J connectivity index is 1.83. The molecule has 0 heterocycles. The highest BCUT2D eigenvalue weighted by Crippen LogP contribution is 2.15. The molecule has 116 valence electrons. The zero-order valence-corrected chi connectivity index (χ0v) is 13.4. The van der Waals surface area contributed by atoms with E-state index in [1.54, 1.807) is 54.6 Å². The van der Waals surface area contributed by atoms with E-state index in [9.17, 15) is 13.2 Å². The van der Waals surface area contributed by atoms with Crippen molar-refractivity contribution in [2.24, 2.45) is 0 Å². The summed E-state index contributed by atoms with van der Waals surface area (Å²) in [4.78, 5) is 12.1. The highest BCUT2D eigenvalue weighted by atomic mass is 35.5. The highest BCUT2D eigenvalue weighted by Gasteiger charge is 2.14. The highest BCUT2D eigenvalue weighted by molar-refractivity contribution is 7.91. The molecule has 0 radical (unpaired) electrons. The van der Waals surface area contributed by atoms with Crippen LogP contribution in [0, 0.1) is 0 Å². The second-order valence-corrected chi connectivity index (χ2v) is 7.34. The second kappa shape index (κ2) is 7.42. The molecule has 1 amide bonds. The Morgan fingerprint density at radius 3 is 2.27 bits per heavy atom. The minimum atomic E-state index is -3.33. The maximum atomic E-state index is 12.1. The van der Waals surface area contributed by atoms with E-state index in [1.807, 2.05) is 0 Å². The summed E-state index contributed by atoms with van der Waals surface area (Å²) in [6.07, 6.45) is 0.422. The molecule has 22 heavy (non-hydrogen) atoms. The first-order chi connectivity index (χ1) is 10.5. The number of nitrogens with one attached hydrogen (secondary N) is 1. The van der Waals surface area contributed by atoms with Crippen LogP contribution >= 0.6 is 11.6 Å². The fourth-order valence-corrected chi connectivity index (χ4v) is 3.38. The van der Waals surface area contributed by atoms with Crippen molar-refractivity contribution in [3.8, 4) is 0 Å². The van der Waals surface area contributed by atoms with Crippen LogP contribution in [0.25, 0.3) is 0 Å². The zero-order chi connectivity index (χ0) is 16.0. The van der Waals surface area contributed by atoms with Crippen molar-refractivity contribution in [3.63, 3.8) is 0 Å². The summed E-state index contributed by atoms with van der Waals surface area (Å²) in [6, 6.07) is 15.0. The first kappa shape index (κ1) is 16.5. The number of amides is 1. The van der Waals surface area contributed by atoms with Gasteiger partial charge in [0.05, 0.1) is 10.6 Å². The Bertz CT molecular complexity index is 728. The summed E-state index contributed by atoms with van der Waals surface area (Å²) in [5.74, 6) is -0.268. The van der Waals surface area contributed by atoms with E-state index in [1.165, 1.54) is 0 Å². The van der Waals surface area contributed by atoms with Gasteiger partial charge in [0.1, 0.15) is 0 Å². The molecule has 0 atom stereocenters. The smallest absolute Gasteiger partial charge is 0.224 e. The van der Waals surface area contributed by atoms with Gasteiger partial charge in [-0.2, -0.15) is 0 Å². The van der Waals surface area contributed by atoms with Crippen molar-refractivity contribution in [1.29, 1.82) is 0 Å². The molecule has 0 spiro atoms. The largest absolute Gasteiger partial charge is 0.326 e. The van der Waals surface area contributed by atoms with Gasteiger partial charge in [0.25, 0.3) is 0 Å². The van der Waals surface area contributed by atoms with Gasteiger partial charge >= 0.3 is 0 Å². The Labute approximate surface area is 135 Å². The van der Waals surface area contributed by atoms with Crippen molar-refractivity contribution in [3.05, 3.63) is 59.6 Å². The van der Waals surface area contributed by atoms with E-state index < -0.39 is 9.84 Å². The maximum Gasteiger partial charge on any atom is 0.224 e. The Morgan fingerprint density at radius 1 is 1.00 bits per heavy atom. The maximum absolute atomic E-state index is 12.1. The third-order valence-corrected chi connectivity index (χ3v) is 5.12. The topological polar surface area (TPSA) is 63.2 Å². The SMILES string of the molecule is O=C(CCCS(=O)(=O)c1ccccc1)Nc1ccc(Cl)cc1. The van der Waals surface area contributed by atoms with Gasteiger partial charge in [0, 0.05) is 17.1 Å². The van der Waals surface area contributed by atoms with E-state index >= 15 is 0 Å². The van der Waals surface area contributed by atoms with Crippen molar-refractivity contribution in [1.82, 2.24) is 0 Å². The molecule has 6 heteroatoms. The van der Waals surface area contributed by atoms with Crippen LogP contribution in [0.3, 0.4) is 0 Å². The van der Waals surface area contributed by atoms with Crippen LogP contribution in [0.4, 0.5) is 5.69 Å². The summed E-state index contributed by atoms with van der Waals surface area (Å²) < 4.78 is 24.1. The predicted octanol–water partition coefficient (Wildman–Crippen LogP) is 3.53. The van der Waals surface area contributed by atoms with Gasteiger partial charge in [-0.1, -0.05) is 29.8 Å². The van der Waals surface area contributed by atoms with Crippen LogP contribution in [0.2, 0.25) is 5.02 Å². The molecule has 0 bridgehead atoms. The second-order valence-electron chi connectivity index (χ2n) is 4.79. The monoisotopic (exact) mass is 337 g/mol. The summed E-state index contributed by atoms with van der Waals surface area (Å²) in [5, 5.41) is 3.29. The average Bonchev–Trinajstić information content (AvgIpc) is 2.50. The van der Waals surface area contributed by atoms with Gasteiger partial charge in [-0.3, -0.25) is 4.79 Å². The molecule has 4 nitrogen and oxygen atoms in total. The molecule has 0 saturated heterocycles. The van der Waals surface area contributed by atoms with E-state index in [-0.39, 0.29) is 29.4 Å². The lowest BCUT2D eigenvalue weighted by atomic mass is 10.3. The molecule has 2 aromatic carbocycles. The standard InChI is InChI=1S/C16H16ClNO3S/c17-13-8-10-14(11-9-13)18-16(19)7-4-12-22(20,21)15-5-2-1-3-6-15/h1-3,5-6,8-11H,4,7,12H2,(H,18,19). The number of benzene rings is 2. The number of carbonyl (C=O) groups is 1. The average molecular weight is 338 g/mol. The Hall–Kier alpha value is -1.85. The number of anilines is 1. The molecule has 2 rings (SSSR count). The lowest BCUT2D eigenvalue weighted by Crippen LogP contribution is -2.14. The molecule has 0 aromatic heterocycles. The van der Waals surface area contributed by atoms with Crippen LogP contribution in [0.5, 0.6) is 0 Å². The molecular weight excluding hydrogens is 322 g/mol. The van der Waals surface area contributed by atoms with Gasteiger partial charge in [-0.05, 0) is 42.8 Å². The zero-order valence-electron chi connectivity index (χ0n) is 11.8. The van der Waals surface area contributed by atoms with Gasteiger partial charge in [-0.25, -0.2) is 8.42 Å².